The van der Waals surface area contributed by atoms with E-state index >= 15 is 0 Å². The van der Waals surface area contributed by atoms with Crippen LogP contribution >= 0.6 is 11.6 Å². The molecule has 0 saturated carbocycles. The highest BCUT2D eigenvalue weighted by atomic mass is 35.5. The number of anilines is 1. The molecule has 1 aliphatic rings. The van der Waals surface area contributed by atoms with Crippen LogP contribution in [0.3, 0.4) is 0 Å². The third kappa shape index (κ3) is 2.78. The van der Waals surface area contributed by atoms with E-state index in [1.807, 2.05) is 6.92 Å². The molecule has 122 valence electrons. The number of nitrogens with zero attached hydrogens (tertiary/aromatic N) is 1. The van der Waals surface area contributed by atoms with Gasteiger partial charge in [-0.2, -0.15) is 0 Å². The van der Waals surface area contributed by atoms with Gasteiger partial charge in [0.05, 0.1) is 17.9 Å². The van der Waals surface area contributed by atoms with E-state index < -0.39 is 17.6 Å². The maximum atomic E-state index is 13.1. The SMILES string of the molecule is CCOc1cccc(N2C(=O)C(Cl)=C(c3ccc(F)cc3)C2=O)c1. The highest BCUT2D eigenvalue weighted by Crippen LogP contribution is 2.35. The second-order valence-electron chi connectivity index (χ2n) is 5.07. The third-order valence-electron chi connectivity index (χ3n) is 3.55. The van der Waals surface area contributed by atoms with Crippen LogP contribution in [0.1, 0.15) is 12.5 Å². The van der Waals surface area contributed by atoms with Crippen LogP contribution in [0.5, 0.6) is 5.75 Å². The fraction of sp³-hybridized carbons (Fsp3) is 0.111. The molecule has 0 N–H and O–H groups in total. The Hall–Kier alpha value is -2.66. The van der Waals surface area contributed by atoms with Crippen LogP contribution < -0.4 is 9.64 Å². The Bertz CT molecular complexity index is 846. The summed E-state index contributed by atoms with van der Waals surface area (Å²) in [5.41, 5.74) is 0.818. The van der Waals surface area contributed by atoms with Gasteiger partial charge in [-0.05, 0) is 36.8 Å². The topological polar surface area (TPSA) is 46.6 Å². The molecule has 0 aromatic heterocycles. The molecule has 0 radical (unpaired) electrons. The Morgan fingerprint density at radius 1 is 1.08 bits per heavy atom. The lowest BCUT2D eigenvalue weighted by Gasteiger charge is -2.16. The zero-order valence-corrected chi connectivity index (χ0v) is 13.5. The van der Waals surface area contributed by atoms with Crippen LogP contribution in [0, 0.1) is 5.82 Å². The van der Waals surface area contributed by atoms with Gasteiger partial charge in [0.25, 0.3) is 11.8 Å². The molecular formula is C18H13ClFNO3. The van der Waals surface area contributed by atoms with Crippen molar-refractivity contribution in [3.8, 4) is 5.75 Å². The normalized spacial score (nSPS) is 14.5. The van der Waals surface area contributed by atoms with Gasteiger partial charge in [-0.25, -0.2) is 9.29 Å². The van der Waals surface area contributed by atoms with E-state index in [-0.39, 0.29) is 10.6 Å². The second-order valence-corrected chi connectivity index (χ2v) is 5.45. The van der Waals surface area contributed by atoms with Crippen LogP contribution in [-0.4, -0.2) is 18.4 Å². The average molecular weight is 346 g/mol. The number of halogens is 2. The number of imide groups is 1. The lowest BCUT2D eigenvalue weighted by Crippen LogP contribution is -2.31. The smallest absolute Gasteiger partial charge is 0.277 e. The van der Waals surface area contributed by atoms with Gasteiger partial charge in [-0.15, -0.1) is 0 Å². The Morgan fingerprint density at radius 2 is 1.79 bits per heavy atom. The highest BCUT2D eigenvalue weighted by molar-refractivity contribution is 6.60. The molecule has 0 unspecified atom stereocenters. The first-order valence-electron chi connectivity index (χ1n) is 7.30. The van der Waals surface area contributed by atoms with Crippen molar-refractivity contribution >= 4 is 34.7 Å². The third-order valence-corrected chi connectivity index (χ3v) is 3.90. The van der Waals surface area contributed by atoms with Gasteiger partial charge >= 0.3 is 0 Å². The van der Waals surface area contributed by atoms with Crippen LogP contribution in [0.15, 0.2) is 53.6 Å². The van der Waals surface area contributed by atoms with Crippen LogP contribution in [0.4, 0.5) is 10.1 Å². The van der Waals surface area contributed by atoms with Crippen molar-refractivity contribution in [2.75, 3.05) is 11.5 Å². The predicted molar refractivity (Wildman–Crippen MR) is 89.3 cm³/mol. The first kappa shape index (κ1) is 16.2. The van der Waals surface area contributed by atoms with Crippen molar-refractivity contribution in [2.24, 2.45) is 0 Å². The van der Waals surface area contributed by atoms with E-state index in [4.69, 9.17) is 16.3 Å². The van der Waals surface area contributed by atoms with Gasteiger partial charge in [-0.3, -0.25) is 9.59 Å². The molecule has 2 amide bonds. The standard InChI is InChI=1S/C18H13ClFNO3/c1-2-24-14-5-3-4-13(10-14)21-17(22)15(16(19)18(21)23)11-6-8-12(20)9-7-11/h3-10H,2H2,1H3. The van der Waals surface area contributed by atoms with Crippen molar-refractivity contribution in [3.63, 3.8) is 0 Å². The molecule has 0 fully saturated rings. The monoisotopic (exact) mass is 345 g/mol. The van der Waals surface area contributed by atoms with Crippen molar-refractivity contribution in [1.82, 2.24) is 0 Å². The number of carbonyl (C=O) groups is 2. The Labute approximate surface area is 143 Å². The zero-order valence-electron chi connectivity index (χ0n) is 12.8. The number of carbonyl (C=O) groups excluding carboxylic acids is 2. The molecule has 1 aliphatic heterocycles. The minimum atomic E-state index is -0.616. The minimum Gasteiger partial charge on any atom is -0.494 e. The quantitative estimate of drug-likeness (QED) is 0.793. The number of benzene rings is 2. The number of amides is 2. The van der Waals surface area contributed by atoms with Crippen molar-refractivity contribution in [3.05, 3.63) is 64.9 Å². The molecule has 4 nitrogen and oxygen atoms in total. The number of ether oxygens (including phenoxy) is 1. The molecule has 0 saturated heterocycles. The average Bonchev–Trinajstić information content (AvgIpc) is 2.79. The maximum absolute atomic E-state index is 13.1. The van der Waals surface area contributed by atoms with E-state index in [1.165, 1.54) is 24.3 Å². The fourth-order valence-electron chi connectivity index (χ4n) is 2.48. The van der Waals surface area contributed by atoms with Gasteiger partial charge in [0, 0.05) is 6.07 Å². The van der Waals surface area contributed by atoms with Crippen molar-refractivity contribution in [2.45, 2.75) is 6.92 Å². The second kappa shape index (κ2) is 6.45. The first-order valence-corrected chi connectivity index (χ1v) is 7.68. The van der Waals surface area contributed by atoms with Gasteiger partial charge in [-0.1, -0.05) is 29.8 Å². The summed E-state index contributed by atoms with van der Waals surface area (Å²) in [5.74, 6) is -1.06. The Morgan fingerprint density at radius 3 is 2.46 bits per heavy atom. The summed E-state index contributed by atoms with van der Waals surface area (Å²) >= 11 is 6.09. The molecule has 0 atom stereocenters. The van der Waals surface area contributed by atoms with Gasteiger partial charge in [0.2, 0.25) is 0 Å². The summed E-state index contributed by atoms with van der Waals surface area (Å²) in [5, 5.41) is -0.187. The van der Waals surface area contributed by atoms with Gasteiger partial charge in [0.1, 0.15) is 16.6 Å². The molecule has 2 aromatic rings. The first-order chi connectivity index (χ1) is 11.5. The van der Waals surface area contributed by atoms with E-state index in [1.54, 1.807) is 24.3 Å². The van der Waals surface area contributed by atoms with Crippen molar-refractivity contribution < 1.29 is 18.7 Å². The molecular weight excluding hydrogens is 333 g/mol. The summed E-state index contributed by atoms with van der Waals surface area (Å²) in [6.07, 6.45) is 0. The minimum absolute atomic E-state index is 0.0588. The molecule has 0 bridgehead atoms. The van der Waals surface area contributed by atoms with E-state index in [0.29, 0.717) is 23.6 Å². The summed E-state index contributed by atoms with van der Waals surface area (Å²) in [6, 6.07) is 11.9. The van der Waals surface area contributed by atoms with E-state index in [2.05, 4.69) is 0 Å². The van der Waals surface area contributed by atoms with E-state index in [9.17, 15) is 14.0 Å². The maximum Gasteiger partial charge on any atom is 0.277 e. The molecule has 2 aromatic carbocycles. The molecule has 0 spiro atoms. The summed E-state index contributed by atoms with van der Waals surface area (Å²) in [4.78, 5) is 26.1. The van der Waals surface area contributed by atoms with E-state index in [0.717, 1.165) is 4.90 Å². The molecule has 6 heteroatoms. The predicted octanol–water partition coefficient (Wildman–Crippen LogP) is 3.75. The van der Waals surface area contributed by atoms with Gasteiger partial charge in [0.15, 0.2) is 0 Å². The van der Waals surface area contributed by atoms with Crippen LogP contribution in [0.25, 0.3) is 5.57 Å². The summed E-state index contributed by atoms with van der Waals surface area (Å²) in [7, 11) is 0. The largest absolute Gasteiger partial charge is 0.494 e. The van der Waals surface area contributed by atoms with Crippen LogP contribution in [-0.2, 0) is 9.59 Å². The molecule has 1 heterocycles. The summed E-state index contributed by atoms with van der Waals surface area (Å²) < 4.78 is 18.5. The lowest BCUT2D eigenvalue weighted by atomic mass is 10.1. The lowest BCUT2D eigenvalue weighted by molar-refractivity contribution is -0.119. The molecule has 24 heavy (non-hydrogen) atoms. The summed E-state index contributed by atoms with van der Waals surface area (Å²) in [6.45, 7) is 2.30. The Balaban J connectivity index is 1.99. The molecule has 3 rings (SSSR count). The van der Waals surface area contributed by atoms with Gasteiger partial charge < -0.3 is 4.74 Å². The Kier molecular flexibility index (Phi) is 4.36. The van der Waals surface area contributed by atoms with Crippen LogP contribution in [0.2, 0.25) is 0 Å². The number of rotatable bonds is 4. The highest BCUT2D eigenvalue weighted by Gasteiger charge is 2.39. The fourth-order valence-corrected chi connectivity index (χ4v) is 2.76. The molecule has 0 aliphatic carbocycles. The zero-order chi connectivity index (χ0) is 17.3. The number of hydrogen-bond acceptors (Lipinski definition) is 3. The van der Waals surface area contributed by atoms with Crippen molar-refractivity contribution in [1.29, 1.82) is 0 Å². The number of hydrogen-bond donors (Lipinski definition) is 0.